The molecule has 1 aliphatic rings. The fraction of sp³-hybridized carbons (Fsp3) is 0.538. The van der Waals surface area contributed by atoms with Crippen LogP contribution < -0.4 is 4.72 Å². The highest BCUT2D eigenvalue weighted by atomic mass is 32.2. The van der Waals surface area contributed by atoms with Crippen LogP contribution in [0.1, 0.15) is 30.7 Å². The maximum absolute atomic E-state index is 11.7. The highest BCUT2D eigenvalue weighted by molar-refractivity contribution is 7.89. The molecule has 1 aromatic rings. The van der Waals surface area contributed by atoms with Crippen LogP contribution in [0, 0.1) is 0 Å². The van der Waals surface area contributed by atoms with Crippen molar-refractivity contribution >= 4 is 10.0 Å². The second-order valence-corrected chi connectivity index (χ2v) is 6.60. The summed E-state index contributed by atoms with van der Waals surface area (Å²) in [6, 6.07) is 10.0. The quantitative estimate of drug-likeness (QED) is 0.732. The van der Waals surface area contributed by atoms with Gasteiger partial charge in [-0.15, -0.1) is 0 Å². The molecule has 18 heavy (non-hydrogen) atoms. The minimum Gasteiger partial charge on any atom is -0.396 e. The van der Waals surface area contributed by atoms with Crippen molar-refractivity contribution in [1.29, 1.82) is 0 Å². The van der Waals surface area contributed by atoms with Gasteiger partial charge in [-0.05, 0) is 24.8 Å². The Bertz CT molecular complexity index is 472. The molecule has 5 heteroatoms. The van der Waals surface area contributed by atoms with Gasteiger partial charge in [0.2, 0.25) is 10.0 Å². The molecule has 100 valence electrons. The molecular formula is C13H19NO3S. The lowest BCUT2D eigenvalue weighted by Crippen LogP contribution is -2.29. The summed E-state index contributed by atoms with van der Waals surface area (Å²) in [7, 11) is -3.19. The number of benzene rings is 1. The molecule has 0 radical (unpaired) electrons. The van der Waals surface area contributed by atoms with Crippen molar-refractivity contribution in [2.75, 3.05) is 12.4 Å². The van der Waals surface area contributed by atoms with Crippen LogP contribution in [-0.4, -0.2) is 31.9 Å². The summed E-state index contributed by atoms with van der Waals surface area (Å²) >= 11 is 0. The van der Waals surface area contributed by atoms with E-state index in [-0.39, 0.29) is 18.4 Å². The van der Waals surface area contributed by atoms with E-state index < -0.39 is 10.0 Å². The minimum absolute atomic E-state index is 0.0472. The monoisotopic (exact) mass is 269 g/mol. The van der Waals surface area contributed by atoms with Crippen molar-refractivity contribution < 1.29 is 13.5 Å². The van der Waals surface area contributed by atoms with E-state index in [0.29, 0.717) is 18.8 Å². The fourth-order valence-corrected chi connectivity index (χ4v) is 3.51. The van der Waals surface area contributed by atoms with Gasteiger partial charge in [0, 0.05) is 18.6 Å². The van der Waals surface area contributed by atoms with Gasteiger partial charge in [0.05, 0.1) is 5.75 Å². The predicted octanol–water partition coefficient (Wildman–Crippen LogP) is 1.23. The topological polar surface area (TPSA) is 66.4 Å². The minimum atomic E-state index is -3.19. The highest BCUT2D eigenvalue weighted by Gasteiger charge is 2.40. The molecule has 0 spiro atoms. The number of hydrogen-bond acceptors (Lipinski definition) is 3. The van der Waals surface area contributed by atoms with Crippen molar-refractivity contribution in [3.63, 3.8) is 0 Å². The van der Waals surface area contributed by atoms with Gasteiger partial charge >= 0.3 is 0 Å². The van der Waals surface area contributed by atoms with Crippen LogP contribution in [0.2, 0.25) is 0 Å². The Kier molecular flexibility index (Phi) is 4.37. The zero-order chi connectivity index (χ0) is 13.0. The SMILES string of the molecule is O=S(=O)(CCCCO)NC1CC1c1ccccc1. The smallest absolute Gasteiger partial charge is 0.211 e. The Hall–Kier alpha value is -0.910. The maximum Gasteiger partial charge on any atom is 0.211 e. The third-order valence-electron chi connectivity index (χ3n) is 3.17. The first-order valence-electron chi connectivity index (χ1n) is 6.28. The standard InChI is InChI=1S/C13H19NO3S/c15-8-4-5-9-18(16,17)14-13-10-12(13)11-6-2-1-3-7-11/h1-3,6-7,12-15H,4-5,8-10H2. The van der Waals surface area contributed by atoms with Gasteiger partial charge in [-0.25, -0.2) is 13.1 Å². The Morgan fingerprint density at radius 2 is 1.94 bits per heavy atom. The molecule has 1 aromatic carbocycles. The molecule has 1 saturated carbocycles. The summed E-state index contributed by atoms with van der Waals surface area (Å²) in [6.45, 7) is 0.0472. The molecule has 2 atom stereocenters. The van der Waals surface area contributed by atoms with Crippen LogP contribution in [0.25, 0.3) is 0 Å². The van der Waals surface area contributed by atoms with E-state index in [1.54, 1.807) is 0 Å². The molecule has 2 rings (SSSR count). The average molecular weight is 269 g/mol. The molecule has 0 heterocycles. The molecular weight excluding hydrogens is 250 g/mol. The van der Waals surface area contributed by atoms with Crippen molar-refractivity contribution in [3.05, 3.63) is 35.9 Å². The van der Waals surface area contributed by atoms with Crippen LogP contribution in [0.5, 0.6) is 0 Å². The number of sulfonamides is 1. The largest absolute Gasteiger partial charge is 0.396 e. The summed E-state index contributed by atoms with van der Waals surface area (Å²) in [6.07, 6.45) is 1.92. The van der Waals surface area contributed by atoms with Crippen molar-refractivity contribution in [3.8, 4) is 0 Å². The van der Waals surface area contributed by atoms with Crippen molar-refractivity contribution in [2.24, 2.45) is 0 Å². The van der Waals surface area contributed by atoms with E-state index in [1.165, 1.54) is 5.56 Å². The van der Waals surface area contributed by atoms with Gasteiger partial charge in [-0.2, -0.15) is 0 Å². The molecule has 2 N–H and O–H groups in total. The summed E-state index contributed by atoms with van der Waals surface area (Å²) in [4.78, 5) is 0. The number of rotatable bonds is 7. The predicted molar refractivity (Wildman–Crippen MR) is 70.8 cm³/mol. The zero-order valence-corrected chi connectivity index (χ0v) is 11.1. The third kappa shape index (κ3) is 3.80. The van der Waals surface area contributed by atoms with E-state index in [0.717, 1.165) is 6.42 Å². The molecule has 0 amide bonds. The lowest BCUT2D eigenvalue weighted by molar-refractivity contribution is 0.287. The number of aliphatic hydroxyl groups excluding tert-OH is 1. The molecule has 0 saturated heterocycles. The summed E-state index contributed by atoms with van der Waals surface area (Å²) in [5.41, 5.74) is 1.19. The fourth-order valence-electron chi connectivity index (χ4n) is 2.09. The second-order valence-electron chi connectivity index (χ2n) is 4.73. The summed E-state index contributed by atoms with van der Waals surface area (Å²) in [5, 5.41) is 8.63. The Labute approximate surface area is 108 Å². The lowest BCUT2D eigenvalue weighted by Gasteiger charge is -2.06. The third-order valence-corrected chi connectivity index (χ3v) is 4.66. The van der Waals surface area contributed by atoms with Crippen LogP contribution in [0.4, 0.5) is 0 Å². The van der Waals surface area contributed by atoms with Gasteiger partial charge in [0.1, 0.15) is 0 Å². The normalized spacial score (nSPS) is 22.9. The van der Waals surface area contributed by atoms with Crippen molar-refractivity contribution in [2.45, 2.75) is 31.2 Å². The first kappa shape index (κ1) is 13.5. The first-order chi connectivity index (χ1) is 8.62. The number of nitrogens with one attached hydrogen (secondary N) is 1. The number of hydrogen-bond donors (Lipinski definition) is 2. The summed E-state index contributed by atoms with van der Waals surface area (Å²) in [5.74, 6) is 0.421. The van der Waals surface area contributed by atoms with E-state index in [2.05, 4.69) is 4.72 Å². The Morgan fingerprint density at radius 3 is 2.61 bits per heavy atom. The van der Waals surface area contributed by atoms with E-state index in [9.17, 15) is 8.42 Å². The maximum atomic E-state index is 11.7. The van der Waals surface area contributed by atoms with Gasteiger partial charge < -0.3 is 5.11 Å². The van der Waals surface area contributed by atoms with Crippen LogP contribution in [0.15, 0.2) is 30.3 Å². The average Bonchev–Trinajstić information content (AvgIpc) is 3.09. The molecule has 2 unspecified atom stereocenters. The number of aliphatic hydroxyl groups is 1. The molecule has 4 nitrogen and oxygen atoms in total. The molecule has 0 aliphatic heterocycles. The number of unbranched alkanes of at least 4 members (excludes halogenated alkanes) is 1. The highest BCUT2D eigenvalue weighted by Crippen LogP contribution is 2.40. The van der Waals surface area contributed by atoms with E-state index in [1.807, 2.05) is 30.3 Å². The van der Waals surface area contributed by atoms with Gasteiger partial charge in [-0.3, -0.25) is 0 Å². The van der Waals surface area contributed by atoms with Gasteiger partial charge in [0.25, 0.3) is 0 Å². The van der Waals surface area contributed by atoms with Crippen LogP contribution in [0.3, 0.4) is 0 Å². The van der Waals surface area contributed by atoms with Crippen molar-refractivity contribution in [1.82, 2.24) is 4.72 Å². The Balaban J connectivity index is 1.82. The molecule has 0 aromatic heterocycles. The Morgan fingerprint density at radius 1 is 1.22 bits per heavy atom. The summed E-state index contributed by atoms with van der Waals surface area (Å²) < 4.78 is 26.2. The van der Waals surface area contributed by atoms with Gasteiger partial charge in [0.15, 0.2) is 0 Å². The van der Waals surface area contributed by atoms with E-state index in [4.69, 9.17) is 5.11 Å². The van der Waals surface area contributed by atoms with Crippen LogP contribution >= 0.6 is 0 Å². The molecule has 1 aliphatic carbocycles. The van der Waals surface area contributed by atoms with E-state index >= 15 is 0 Å². The van der Waals surface area contributed by atoms with Crippen LogP contribution in [-0.2, 0) is 10.0 Å². The molecule has 1 fully saturated rings. The van der Waals surface area contributed by atoms with Gasteiger partial charge in [-0.1, -0.05) is 30.3 Å². The second kappa shape index (κ2) is 5.82. The molecule has 0 bridgehead atoms. The zero-order valence-electron chi connectivity index (χ0n) is 10.2. The lowest BCUT2D eigenvalue weighted by atomic mass is 10.1. The first-order valence-corrected chi connectivity index (χ1v) is 7.93.